The largest absolute Gasteiger partial charge is 0.323 e. The first-order valence-electron chi connectivity index (χ1n) is 7.09. The Labute approximate surface area is 155 Å². The van der Waals surface area contributed by atoms with E-state index in [1.165, 1.54) is 11.8 Å². The Morgan fingerprint density at radius 3 is 2.70 bits per heavy atom. The van der Waals surface area contributed by atoms with Crippen molar-refractivity contribution in [3.05, 3.63) is 38.8 Å². The predicted molar refractivity (Wildman–Crippen MR) is 101 cm³/mol. The van der Waals surface area contributed by atoms with E-state index >= 15 is 0 Å². The fraction of sp³-hybridized carbons (Fsp3) is 0.333. The molecule has 124 valence electrons. The molecule has 0 aliphatic carbocycles. The molecule has 1 aromatic rings. The summed E-state index contributed by atoms with van der Waals surface area (Å²) in [5.41, 5.74) is 1.63. The zero-order valence-corrected chi connectivity index (χ0v) is 15.6. The number of amides is 1. The van der Waals surface area contributed by atoms with E-state index in [4.69, 9.17) is 23.2 Å². The lowest BCUT2D eigenvalue weighted by molar-refractivity contribution is -0.112. The molecule has 2 aliphatic heterocycles. The van der Waals surface area contributed by atoms with Crippen molar-refractivity contribution in [3.63, 3.8) is 0 Å². The lowest BCUT2D eigenvalue weighted by atomic mass is 10.2. The van der Waals surface area contributed by atoms with Gasteiger partial charge in [0, 0.05) is 34.5 Å². The fourth-order valence-corrected chi connectivity index (χ4v) is 4.23. The normalized spacial score (nSPS) is 16.7. The third-order valence-corrected chi connectivity index (χ3v) is 5.05. The predicted octanol–water partition coefficient (Wildman–Crippen LogP) is 4.78. The Hall–Kier alpha value is -0.880. The van der Waals surface area contributed by atoms with Gasteiger partial charge in [-0.05, 0) is 42.8 Å². The van der Waals surface area contributed by atoms with Crippen LogP contribution in [0, 0.1) is 0 Å². The molecule has 23 heavy (non-hydrogen) atoms. The number of hydrogen-bond donors (Lipinski definition) is 1. The molecule has 2 heterocycles. The second kappa shape index (κ2) is 7.79. The summed E-state index contributed by atoms with van der Waals surface area (Å²) in [5.74, 6) is -0.141. The van der Waals surface area contributed by atoms with Crippen LogP contribution in [0.2, 0.25) is 10.0 Å². The number of fused-ring (bicyclic) bond motifs is 1. The summed E-state index contributed by atoms with van der Waals surface area (Å²) in [4.78, 5) is 19.9. The molecule has 2 aliphatic rings. The van der Waals surface area contributed by atoms with Crippen molar-refractivity contribution in [1.29, 1.82) is 0 Å². The van der Waals surface area contributed by atoms with Gasteiger partial charge >= 0.3 is 0 Å². The summed E-state index contributed by atoms with van der Waals surface area (Å²) in [6.07, 6.45) is 1.82. The van der Waals surface area contributed by atoms with E-state index < -0.39 is 0 Å². The number of anilines is 1. The molecule has 0 aromatic heterocycles. The highest BCUT2D eigenvalue weighted by Crippen LogP contribution is 2.38. The number of allylic oxidation sites excluding steroid dienone is 1. The molecule has 1 aromatic carbocycles. The van der Waals surface area contributed by atoms with Crippen molar-refractivity contribution in [2.75, 3.05) is 18.4 Å². The number of carbonyl (C=O) groups excluding carboxylic acids is 1. The van der Waals surface area contributed by atoms with E-state index in [9.17, 15) is 4.79 Å². The summed E-state index contributed by atoms with van der Waals surface area (Å²) in [6, 6.07) is 5.00. The van der Waals surface area contributed by atoms with Crippen LogP contribution >= 0.6 is 47.4 Å². The van der Waals surface area contributed by atoms with Gasteiger partial charge in [-0.15, -0.1) is 12.4 Å². The molecular formula is C15H16Cl3N3OS. The van der Waals surface area contributed by atoms with Crippen LogP contribution in [0.4, 0.5) is 5.69 Å². The zero-order chi connectivity index (χ0) is 15.7. The minimum absolute atomic E-state index is 0. The van der Waals surface area contributed by atoms with E-state index in [0.29, 0.717) is 20.6 Å². The van der Waals surface area contributed by atoms with Gasteiger partial charge in [0.05, 0.1) is 4.91 Å². The molecule has 0 saturated heterocycles. The Balaban J connectivity index is 0.00000192. The molecule has 0 spiro atoms. The zero-order valence-electron chi connectivity index (χ0n) is 12.4. The minimum atomic E-state index is -0.141. The first kappa shape index (κ1) is 18.5. The SMILES string of the molecule is CCC1=C(C(=O)Nc2cc(Cl)cc(Cl)c2)SC2=NCCCN21.Cl. The van der Waals surface area contributed by atoms with E-state index in [1.807, 2.05) is 0 Å². The second-order valence-electron chi connectivity index (χ2n) is 5.01. The molecule has 1 N–H and O–H groups in total. The van der Waals surface area contributed by atoms with Crippen molar-refractivity contribution >= 4 is 64.1 Å². The number of hydrogen-bond acceptors (Lipinski definition) is 4. The lowest BCUT2D eigenvalue weighted by Crippen LogP contribution is -2.29. The van der Waals surface area contributed by atoms with E-state index in [-0.39, 0.29) is 18.3 Å². The highest BCUT2D eigenvalue weighted by molar-refractivity contribution is 8.18. The van der Waals surface area contributed by atoms with Gasteiger partial charge in [-0.1, -0.05) is 30.1 Å². The highest BCUT2D eigenvalue weighted by atomic mass is 35.5. The molecule has 8 heteroatoms. The van der Waals surface area contributed by atoms with E-state index in [1.54, 1.807) is 18.2 Å². The van der Waals surface area contributed by atoms with Gasteiger partial charge in [-0.25, -0.2) is 0 Å². The molecule has 0 radical (unpaired) electrons. The van der Waals surface area contributed by atoms with Crippen molar-refractivity contribution in [1.82, 2.24) is 4.90 Å². The molecule has 1 amide bonds. The number of benzene rings is 1. The van der Waals surface area contributed by atoms with Gasteiger partial charge in [0.15, 0.2) is 5.17 Å². The molecule has 0 bridgehead atoms. The molecule has 0 fully saturated rings. The number of rotatable bonds is 3. The molecule has 0 saturated carbocycles. The first-order valence-corrected chi connectivity index (χ1v) is 8.66. The third kappa shape index (κ3) is 3.97. The Bertz CT molecular complexity index is 670. The number of nitrogens with one attached hydrogen (secondary N) is 1. The van der Waals surface area contributed by atoms with E-state index in [2.05, 4.69) is 22.1 Å². The number of nitrogens with zero attached hydrogens (tertiary/aromatic N) is 2. The van der Waals surface area contributed by atoms with Crippen LogP contribution in [0.3, 0.4) is 0 Å². The summed E-state index contributed by atoms with van der Waals surface area (Å²) >= 11 is 13.4. The van der Waals surface area contributed by atoms with Gasteiger partial charge < -0.3 is 10.2 Å². The summed E-state index contributed by atoms with van der Waals surface area (Å²) in [7, 11) is 0. The van der Waals surface area contributed by atoms with Gasteiger partial charge in [-0.2, -0.15) is 0 Å². The van der Waals surface area contributed by atoms with Gasteiger partial charge in [-0.3, -0.25) is 9.79 Å². The average molecular weight is 393 g/mol. The number of carbonyl (C=O) groups is 1. The number of amidine groups is 1. The molecular weight excluding hydrogens is 377 g/mol. The molecule has 4 nitrogen and oxygen atoms in total. The minimum Gasteiger partial charge on any atom is -0.323 e. The van der Waals surface area contributed by atoms with Crippen molar-refractivity contribution in [2.45, 2.75) is 19.8 Å². The van der Waals surface area contributed by atoms with E-state index in [0.717, 1.165) is 36.8 Å². The lowest BCUT2D eigenvalue weighted by Gasteiger charge is -2.24. The van der Waals surface area contributed by atoms with Crippen molar-refractivity contribution in [2.24, 2.45) is 4.99 Å². The maximum Gasteiger partial charge on any atom is 0.264 e. The molecule has 0 unspecified atom stereocenters. The standard InChI is InChI=1S/C15H15Cl2N3OS.ClH/c1-2-12-13(22-15-18-4-3-5-20(12)15)14(21)19-11-7-9(16)6-10(17)8-11;/h6-8H,2-5H2,1H3,(H,19,21);1H. The van der Waals surface area contributed by atoms with Gasteiger partial charge in [0.2, 0.25) is 0 Å². The van der Waals surface area contributed by atoms with Crippen LogP contribution < -0.4 is 5.32 Å². The quantitative estimate of drug-likeness (QED) is 0.805. The number of aliphatic imine (C=N–C) groups is 1. The van der Waals surface area contributed by atoms with Crippen LogP contribution in [0.1, 0.15) is 19.8 Å². The Kier molecular flexibility index (Phi) is 6.26. The highest BCUT2D eigenvalue weighted by Gasteiger charge is 2.33. The van der Waals surface area contributed by atoms with Crippen LogP contribution in [-0.4, -0.2) is 29.1 Å². The summed E-state index contributed by atoms with van der Waals surface area (Å²) < 4.78 is 0. The second-order valence-corrected chi connectivity index (χ2v) is 6.86. The van der Waals surface area contributed by atoms with Crippen LogP contribution in [0.5, 0.6) is 0 Å². The number of halogens is 3. The van der Waals surface area contributed by atoms with Crippen LogP contribution in [0.25, 0.3) is 0 Å². The number of thioether (sulfide) groups is 1. The molecule has 3 rings (SSSR count). The fourth-order valence-electron chi connectivity index (χ4n) is 2.54. The topological polar surface area (TPSA) is 44.7 Å². The summed E-state index contributed by atoms with van der Waals surface area (Å²) in [5, 5.41) is 4.79. The Morgan fingerprint density at radius 1 is 1.35 bits per heavy atom. The summed E-state index contributed by atoms with van der Waals surface area (Å²) in [6.45, 7) is 3.81. The van der Waals surface area contributed by atoms with Gasteiger partial charge in [0.25, 0.3) is 5.91 Å². The monoisotopic (exact) mass is 391 g/mol. The smallest absolute Gasteiger partial charge is 0.264 e. The average Bonchev–Trinajstić information content (AvgIpc) is 2.84. The third-order valence-electron chi connectivity index (χ3n) is 3.46. The maximum absolute atomic E-state index is 12.6. The van der Waals surface area contributed by atoms with Gasteiger partial charge in [0.1, 0.15) is 0 Å². The van der Waals surface area contributed by atoms with Crippen LogP contribution in [-0.2, 0) is 4.79 Å². The van der Waals surface area contributed by atoms with Crippen molar-refractivity contribution in [3.8, 4) is 0 Å². The first-order chi connectivity index (χ1) is 10.6. The maximum atomic E-state index is 12.6. The van der Waals surface area contributed by atoms with Crippen LogP contribution in [0.15, 0.2) is 33.8 Å². The molecule has 0 atom stereocenters. The Morgan fingerprint density at radius 2 is 2.04 bits per heavy atom. The van der Waals surface area contributed by atoms with Crippen molar-refractivity contribution < 1.29 is 4.79 Å².